The van der Waals surface area contributed by atoms with Gasteiger partial charge in [-0.1, -0.05) is 0 Å². The molecule has 5 nitrogen and oxygen atoms in total. The van der Waals surface area contributed by atoms with Crippen LogP contribution in [0.3, 0.4) is 0 Å². The van der Waals surface area contributed by atoms with Crippen molar-refractivity contribution in [3.63, 3.8) is 0 Å². The molecule has 4 N–H and O–H groups in total. The van der Waals surface area contributed by atoms with Crippen LogP contribution in [-0.4, -0.2) is 28.8 Å². The number of amides is 1. The van der Waals surface area contributed by atoms with Gasteiger partial charge in [0.15, 0.2) is 5.78 Å². The monoisotopic (exact) mass is 275 g/mol. The average Bonchev–Trinajstić information content (AvgIpc) is 2.93. The molecule has 0 saturated heterocycles. The first-order chi connectivity index (χ1) is 9.56. The first-order valence-corrected chi connectivity index (χ1v) is 7.37. The molecule has 0 radical (unpaired) electrons. The van der Waals surface area contributed by atoms with Gasteiger partial charge in [0.05, 0.1) is 11.1 Å². The van der Waals surface area contributed by atoms with E-state index in [0.29, 0.717) is 17.5 Å². The molecule has 1 heterocycles. The number of aromatic amines is 1. The molecule has 5 heteroatoms. The van der Waals surface area contributed by atoms with Gasteiger partial charge in [-0.2, -0.15) is 0 Å². The lowest BCUT2D eigenvalue weighted by atomic mass is 9.93. The maximum atomic E-state index is 12.5. The number of hydrogen-bond acceptors (Lipinski definition) is 3. The molecule has 0 unspecified atom stereocenters. The molecule has 0 bridgehead atoms. The molecule has 108 valence electrons. The van der Waals surface area contributed by atoms with Gasteiger partial charge in [0, 0.05) is 29.9 Å². The zero-order chi connectivity index (χ0) is 14.3. The Hall–Kier alpha value is -1.62. The molecule has 20 heavy (non-hydrogen) atoms. The Labute approximate surface area is 118 Å². The number of fused-ring (bicyclic) bond motifs is 1. The highest BCUT2D eigenvalue weighted by molar-refractivity contribution is 6.10. The Morgan fingerprint density at radius 2 is 2.15 bits per heavy atom. The molecule has 2 aliphatic carbocycles. The Balaban J connectivity index is 1.84. The van der Waals surface area contributed by atoms with E-state index in [2.05, 4.69) is 10.3 Å². The van der Waals surface area contributed by atoms with Gasteiger partial charge in [0.1, 0.15) is 0 Å². The van der Waals surface area contributed by atoms with E-state index in [1.807, 2.05) is 6.92 Å². The van der Waals surface area contributed by atoms with Crippen molar-refractivity contribution in [2.75, 3.05) is 0 Å². The minimum absolute atomic E-state index is 0.0869. The molecule has 0 aliphatic heterocycles. The van der Waals surface area contributed by atoms with Crippen LogP contribution in [0.2, 0.25) is 0 Å². The lowest BCUT2D eigenvalue weighted by molar-refractivity contribution is 0.0916. The molecule has 1 aromatic heterocycles. The van der Waals surface area contributed by atoms with Crippen LogP contribution in [0.25, 0.3) is 0 Å². The Kier molecular flexibility index (Phi) is 3.38. The number of ketones is 1. The number of nitrogens with one attached hydrogen (secondary N) is 2. The third-order valence-electron chi connectivity index (χ3n) is 4.41. The first-order valence-electron chi connectivity index (χ1n) is 7.37. The largest absolute Gasteiger partial charge is 0.361 e. The summed E-state index contributed by atoms with van der Waals surface area (Å²) in [6, 6.07) is 0.323. The fourth-order valence-corrected chi connectivity index (χ4v) is 3.42. The van der Waals surface area contributed by atoms with Crippen molar-refractivity contribution >= 4 is 11.7 Å². The number of hydrogen-bond donors (Lipinski definition) is 3. The molecule has 3 rings (SSSR count). The molecule has 2 atom stereocenters. The summed E-state index contributed by atoms with van der Waals surface area (Å²) >= 11 is 0. The fourth-order valence-electron chi connectivity index (χ4n) is 3.42. The summed E-state index contributed by atoms with van der Waals surface area (Å²) in [6.07, 6.45) is 4.96. The van der Waals surface area contributed by atoms with Crippen LogP contribution in [0.5, 0.6) is 0 Å². The highest BCUT2D eigenvalue weighted by atomic mass is 16.2. The van der Waals surface area contributed by atoms with E-state index in [1.165, 1.54) is 0 Å². The molecule has 0 aromatic carbocycles. The highest BCUT2D eigenvalue weighted by Gasteiger charge is 2.30. The third-order valence-corrected chi connectivity index (χ3v) is 4.41. The standard InChI is InChI=1S/C15H21N3O2/c1-8-13(14-11(17-8)3-2-4-12(14)19)15(20)18-10-6-5-9(16)7-10/h9-10,17H,2-7,16H2,1H3,(H,18,20)/t9-,10-/m1/s1. The van der Waals surface area contributed by atoms with Crippen molar-refractivity contribution in [1.82, 2.24) is 10.3 Å². The van der Waals surface area contributed by atoms with Crippen LogP contribution < -0.4 is 11.1 Å². The van der Waals surface area contributed by atoms with Gasteiger partial charge in [-0.05, 0) is 39.0 Å². The van der Waals surface area contributed by atoms with Gasteiger partial charge in [-0.15, -0.1) is 0 Å². The fraction of sp³-hybridized carbons (Fsp3) is 0.600. The predicted molar refractivity (Wildman–Crippen MR) is 75.9 cm³/mol. The van der Waals surface area contributed by atoms with Crippen LogP contribution >= 0.6 is 0 Å². The molecule has 1 aromatic rings. The summed E-state index contributed by atoms with van der Waals surface area (Å²) in [4.78, 5) is 27.8. The summed E-state index contributed by atoms with van der Waals surface area (Å²) in [5.41, 5.74) is 8.76. The van der Waals surface area contributed by atoms with Crippen molar-refractivity contribution in [3.8, 4) is 0 Å². The number of carbonyl (C=O) groups excluding carboxylic acids is 2. The summed E-state index contributed by atoms with van der Waals surface area (Å²) in [5.74, 6) is -0.0433. The Morgan fingerprint density at radius 1 is 1.35 bits per heavy atom. The summed E-state index contributed by atoms with van der Waals surface area (Å²) in [7, 11) is 0. The zero-order valence-electron chi connectivity index (χ0n) is 11.8. The van der Waals surface area contributed by atoms with Crippen molar-refractivity contribution in [1.29, 1.82) is 0 Å². The maximum absolute atomic E-state index is 12.5. The summed E-state index contributed by atoms with van der Waals surface area (Å²) in [6.45, 7) is 1.86. The van der Waals surface area contributed by atoms with E-state index in [9.17, 15) is 9.59 Å². The van der Waals surface area contributed by atoms with Crippen molar-refractivity contribution in [3.05, 3.63) is 22.5 Å². The quantitative estimate of drug-likeness (QED) is 0.763. The van der Waals surface area contributed by atoms with Gasteiger partial charge < -0.3 is 16.0 Å². The lowest BCUT2D eigenvalue weighted by Gasteiger charge is -2.15. The zero-order valence-corrected chi connectivity index (χ0v) is 11.8. The maximum Gasteiger partial charge on any atom is 0.254 e. The van der Waals surface area contributed by atoms with Crippen LogP contribution in [0.4, 0.5) is 0 Å². The summed E-state index contributed by atoms with van der Waals surface area (Å²) < 4.78 is 0. The second-order valence-corrected chi connectivity index (χ2v) is 6.00. The summed E-state index contributed by atoms with van der Waals surface area (Å²) in [5, 5.41) is 3.03. The van der Waals surface area contributed by atoms with E-state index in [0.717, 1.165) is 43.5 Å². The molecule has 0 spiro atoms. The van der Waals surface area contributed by atoms with Gasteiger partial charge in [-0.3, -0.25) is 9.59 Å². The molecular weight excluding hydrogens is 254 g/mol. The SMILES string of the molecule is Cc1[nH]c2c(c1C(=O)N[C@@H]1CC[C@@H](N)C1)C(=O)CCC2. The molecular formula is C15H21N3O2. The van der Waals surface area contributed by atoms with Crippen LogP contribution in [0.15, 0.2) is 0 Å². The van der Waals surface area contributed by atoms with Crippen LogP contribution in [0.1, 0.15) is 64.2 Å². The number of aromatic nitrogens is 1. The molecule has 2 aliphatic rings. The second-order valence-electron chi connectivity index (χ2n) is 6.00. The van der Waals surface area contributed by atoms with E-state index in [-0.39, 0.29) is 23.8 Å². The van der Waals surface area contributed by atoms with E-state index < -0.39 is 0 Å². The highest BCUT2D eigenvalue weighted by Crippen LogP contribution is 2.27. The minimum atomic E-state index is -0.130. The van der Waals surface area contributed by atoms with E-state index >= 15 is 0 Å². The van der Waals surface area contributed by atoms with Crippen molar-refractivity contribution in [2.24, 2.45) is 5.73 Å². The van der Waals surface area contributed by atoms with Crippen molar-refractivity contribution < 1.29 is 9.59 Å². The van der Waals surface area contributed by atoms with E-state index in [1.54, 1.807) is 0 Å². The topological polar surface area (TPSA) is 88.0 Å². The van der Waals surface area contributed by atoms with Crippen molar-refractivity contribution in [2.45, 2.75) is 57.5 Å². The minimum Gasteiger partial charge on any atom is -0.361 e. The number of rotatable bonds is 2. The van der Waals surface area contributed by atoms with Gasteiger partial charge in [0.2, 0.25) is 0 Å². The number of aryl methyl sites for hydroxylation is 2. The number of Topliss-reactive ketones (excluding diaryl/α,β-unsaturated/α-hetero) is 1. The molecule has 1 amide bonds. The van der Waals surface area contributed by atoms with Crippen LogP contribution in [-0.2, 0) is 6.42 Å². The number of nitrogens with two attached hydrogens (primary N) is 1. The normalized spacial score (nSPS) is 25.6. The predicted octanol–water partition coefficient (Wildman–Crippen LogP) is 1.45. The first kappa shape index (κ1) is 13.4. The number of carbonyl (C=O) groups is 2. The second kappa shape index (κ2) is 5.05. The van der Waals surface area contributed by atoms with Gasteiger partial charge in [0.25, 0.3) is 5.91 Å². The molecule has 1 fully saturated rings. The smallest absolute Gasteiger partial charge is 0.254 e. The Bertz CT molecular complexity index is 562. The number of H-pyrrole nitrogens is 1. The third kappa shape index (κ3) is 2.26. The average molecular weight is 275 g/mol. The molecule has 1 saturated carbocycles. The Morgan fingerprint density at radius 3 is 2.85 bits per heavy atom. The van der Waals surface area contributed by atoms with Gasteiger partial charge >= 0.3 is 0 Å². The van der Waals surface area contributed by atoms with Gasteiger partial charge in [-0.25, -0.2) is 0 Å². The van der Waals surface area contributed by atoms with E-state index in [4.69, 9.17) is 5.73 Å². The van der Waals surface area contributed by atoms with Crippen LogP contribution in [0, 0.1) is 6.92 Å². The lowest BCUT2D eigenvalue weighted by Crippen LogP contribution is -2.35.